The van der Waals surface area contributed by atoms with Gasteiger partial charge in [0.1, 0.15) is 5.69 Å². The Kier molecular flexibility index (Phi) is 5.35. The van der Waals surface area contributed by atoms with Crippen molar-refractivity contribution in [2.45, 2.75) is 36.2 Å². The summed E-state index contributed by atoms with van der Waals surface area (Å²) in [5.41, 5.74) is 3.92. The van der Waals surface area contributed by atoms with Gasteiger partial charge < -0.3 is 9.80 Å². The number of carbonyl (C=O) groups excluding carboxylic acids is 1. The number of amides is 1. The molecule has 2 atom stereocenters. The summed E-state index contributed by atoms with van der Waals surface area (Å²) in [6.07, 6.45) is 9.17. The van der Waals surface area contributed by atoms with Gasteiger partial charge in [-0.3, -0.25) is 4.79 Å². The number of hydrogen-bond acceptors (Lipinski definition) is 7. The van der Waals surface area contributed by atoms with Crippen LogP contribution in [-0.2, 0) is 14.6 Å². The summed E-state index contributed by atoms with van der Waals surface area (Å²) in [6.45, 7) is 1.19. The van der Waals surface area contributed by atoms with Crippen LogP contribution in [0.5, 0.6) is 0 Å². The Morgan fingerprint density at radius 3 is 2.62 bits per heavy atom. The number of likely N-dealkylation sites (tertiary alicyclic amines) is 1. The fourth-order valence-electron chi connectivity index (χ4n) is 4.75. The van der Waals surface area contributed by atoms with E-state index in [-0.39, 0.29) is 35.1 Å². The van der Waals surface area contributed by atoms with E-state index in [4.69, 9.17) is 6.42 Å². The van der Waals surface area contributed by atoms with Crippen LogP contribution in [0.1, 0.15) is 25.0 Å². The number of sulfone groups is 1. The third-order valence-corrected chi connectivity index (χ3v) is 9.03. The van der Waals surface area contributed by atoms with Gasteiger partial charge >= 0.3 is 0 Å². The number of aromatic nitrogens is 2. The maximum absolute atomic E-state index is 12.9. The number of pyridine rings is 1. The zero-order chi connectivity index (χ0) is 22.3. The van der Waals surface area contributed by atoms with Gasteiger partial charge in [-0.05, 0) is 37.1 Å². The second-order valence-electron chi connectivity index (χ2n) is 8.16. The normalized spacial score (nSPS) is 20.5. The number of hydrogen-bond donors (Lipinski definition) is 0. The van der Waals surface area contributed by atoms with Crippen molar-refractivity contribution in [2.24, 2.45) is 0 Å². The SMILES string of the molecule is C#Cc1ccc(N2C3CCC2CN(C(=O)CCS(=O)(=O)c2cccc4ncsc24)C3)cn1. The molecule has 7 nitrogen and oxygen atoms in total. The molecule has 0 saturated carbocycles. The topological polar surface area (TPSA) is 83.5 Å². The van der Waals surface area contributed by atoms with Gasteiger partial charge in [-0.2, -0.15) is 0 Å². The average molecular weight is 467 g/mol. The largest absolute Gasteiger partial charge is 0.361 e. The van der Waals surface area contributed by atoms with Crippen LogP contribution in [0.4, 0.5) is 5.69 Å². The standard InChI is InChI=1S/C23H22N4O3S2/c1-2-16-6-7-17(12-24-16)27-18-8-9-19(27)14-26(13-18)22(28)10-11-32(29,30)21-5-3-4-20-23(21)31-15-25-20/h1,3-7,12,15,18-19H,8-11,13-14H2. The van der Waals surface area contributed by atoms with Crippen molar-refractivity contribution in [2.75, 3.05) is 23.7 Å². The van der Waals surface area contributed by atoms with Crippen molar-refractivity contribution in [1.29, 1.82) is 0 Å². The van der Waals surface area contributed by atoms with E-state index in [1.165, 1.54) is 11.3 Å². The third kappa shape index (κ3) is 3.74. The first-order valence-electron chi connectivity index (χ1n) is 10.5. The molecule has 2 aliphatic rings. The fourth-order valence-corrected chi connectivity index (χ4v) is 7.31. The van der Waals surface area contributed by atoms with Crippen LogP contribution in [0.25, 0.3) is 10.2 Å². The van der Waals surface area contributed by atoms with Gasteiger partial charge in [-0.1, -0.05) is 12.0 Å². The Bertz CT molecular complexity index is 1300. The molecule has 2 aliphatic heterocycles. The lowest BCUT2D eigenvalue weighted by Gasteiger charge is -2.42. The van der Waals surface area contributed by atoms with E-state index >= 15 is 0 Å². The highest BCUT2D eigenvalue weighted by molar-refractivity contribution is 7.91. The van der Waals surface area contributed by atoms with Crippen LogP contribution in [0.15, 0.2) is 46.9 Å². The van der Waals surface area contributed by atoms with Crippen molar-refractivity contribution in [3.8, 4) is 12.3 Å². The zero-order valence-corrected chi connectivity index (χ0v) is 19.0. The van der Waals surface area contributed by atoms with Crippen LogP contribution in [0.3, 0.4) is 0 Å². The van der Waals surface area contributed by atoms with Crippen molar-refractivity contribution in [3.63, 3.8) is 0 Å². The van der Waals surface area contributed by atoms with E-state index < -0.39 is 9.84 Å². The Morgan fingerprint density at radius 2 is 1.94 bits per heavy atom. The Balaban J connectivity index is 1.25. The zero-order valence-electron chi connectivity index (χ0n) is 17.3. The van der Waals surface area contributed by atoms with E-state index in [0.717, 1.165) is 18.5 Å². The molecular weight excluding hydrogens is 444 g/mol. The minimum atomic E-state index is -3.57. The van der Waals surface area contributed by atoms with Crippen LogP contribution < -0.4 is 4.90 Å². The molecule has 2 fully saturated rings. The molecule has 4 heterocycles. The summed E-state index contributed by atoms with van der Waals surface area (Å²) in [6, 6.07) is 9.31. The molecule has 0 radical (unpaired) electrons. The minimum Gasteiger partial charge on any atom is -0.361 e. The Hall–Kier alpha value is -2.96. The van der Waals surface area contributed by atoms with Gasteiger partial charge in [0.25, 0.3) is 0 Å². The molecule has 32 heavy (non-hydrogen) atoms. The molecule has 0 aliphatic carbocycles. The first kappa shape index (κ1) is 20.9. The number of fused-ring (bicyclic) bond motifs is 3. The number of terminal acetylenes is 1. The van der Waals surface area contributed by atoms with Gasteiger partial charge in [0.05, 0.1) is 38.3 Å². The highest BCUT2D eigenvalue weighted by Crippen LogP contribution is 2.35. The van der Waals surface area contributed by atoms with Crippen LogP contribution in [-0.4, -0.2) is 60.1 Å². The minimum absolute atomic E-state index is 0.0185. The lowest BCUT2D eigenvalue weighted by atomic mass is 10.1. The maximum Gasteiger partial charge on any atom is 0.223 e. The van der Waals surface area contributed by atoms with Gasteiger partial charge in [0.2, 0.25) is 5.91 Å². The van der Waals surface area contributed by atoms with Crippen LogP contribution >= 0.6 is 11.3 Å². The molecule has 2 saturated heterocycles. The number of nitrogens with zero attached hydrogens (tertiary/aromatic N) is 4. The number of carbonyl (C=O) groups is 1. The van der Waals surface area contributed by atoms with E-state index in [1.54, 1.807) is 29.9 Å². The smallest absolute Gasteiger partial charge is 0.223 e. The van der Waals surface area contributed by atoms with Crippen LogP contribution in [0, 0.1) is 12.3 Å². The number of piperazine rings is 1. The molecule has 2 aromatic heterocycles. The molecule has 0 N–H and O–H groups in total. The predicted molar refractivity (Wildman–Crippen MR) is 124 cm³/mol. The number of thiazole rings is 1. The third-order valence-electron chi connectivity index (χ3n) is 6.27. The van der Waals surface area contributed by atoms with Crippen molar-refractivity contribution in [1.82, 2.24) is 14.9 Å². The van der Waals surface area contributed by atoms with E-state index in [1.807, 2.05) is 17.0 Å². The molecular formula is C23H22N4O3S2. The molecule has 1 aromatic carbocycles. The molecule has 2 unspecified atom stereocenters. The monoisotopic (exact) mass is 466 g/mol. The summed E-state index contributed by atoms with van der Waals surface area (Å²) >= 11 is 1.31. The fraction of sp³-hybridized carbons (Fsp3) is 0.348. The van der Waals surface area contributed by atoms with Gasteiger partial charge in [0, 0.05) is 31.6 Å². The second kappa shape index (κ2) is 8.19. The summed E-state index contributed by atoms with van der Waals surface area (Å²) < 4.78 is 26.5. The van der Waals surface area contributed by atoms with Gasteiger partial charge in [-0.15, -0.1) is 17.8 Å². The molecule has 3 aromatic rings. The molecule has 9 heteroatoms. The van der Waals surface area contributed by atoms with Crippen molar-refractivity contribution in [3.05, 3.63) is 47.7 Å². The number of anilines is 1. The molecule has 1 amide bonds. The summed E-state index contributed by atoms with van der Waals surface area (Å²) in [7, 11) is -3.57. The summed E-state index contributed by atoms with van der Waals surface area (Å²) in [5.74, 6) is 2.22. The van der Waals surface area contributed by atoms with Gasteiger partial charge in [-0.25, -0.2) is 18.4 Å². The predicted octanol–water partition coefficient (Wildman–Crippen LogP) is 2.72. The van der Waals surface area contributed by atoms with Gasteiger partial charge in [0.15, 0.2) is 9.84 Å². The lowest BCUT2D eigenvalue weighted by molar-refractivity contribution is -0.131. The quantitative estimate of drug-likeness (QED) is 0.538. The first-order valence-corrected chi connectivity index (χ1v) is 13.0. The first-order chi connectivity index (χ1) is 15.5. The van der Waals surface area contributed by atoms with E-state index in [9.17, 15) is 13.2 Å². The molecule has 2 bridgehead atoms. The highest BCUT2D eigenvalue weighted by Gasteiger charge is 2.41. The van der Waals surface area contributed by atoms with E-state index in [0.29, 0.717) is 29.0 Å². The summed E-state index contributed by atoms with van der Waals surface area (Å²) in [4.78, 5) is 25.8. The van der Waals surface area contributed by atoms with Crippen molar-refractivity contribution < 1.29 is 13.2 Å². The molecule has 164 valence electrons. The average Bonchev–Trinajstić information content (AvgIpc) is 3.39. The number of rotatable bonds is 5. The molecule has 5 rings (SSSR count). The lowest BCUT2D eigenvalue weighted by Crippen LogP contribution is -2.55. The summed E-state index contributed by atoms with van der Waals surface area (Å²) in [5, 5.41) is 0. The van der Waals surface area contributed by atoms with E-state index in [2.05, 4.69) is 20.8 Å². The maximum atomic E-state index is 12.9. The molecule has 0 spiro atoms. The van der Waals surface area contributed by atoms with Crippen molar-refractivity contribution >= 4 is 43.0 Å². The highest BCUT2D eigenvalue weighted by atomic mass is 32.2. The Labute approximate surface area is 191 Å². The second-order valence-corrected chi connectivity index (χ2v) is 11.1. The van der Waals surface area contributed by atoms with Crippen LogP contribution in [0.2, 0.25) is 0 Å². The number of benzene rings is 1. The Morgan fingerprint density at radius 1 is 1.16 bits per heavy atom.